The summed E-state index contributed by atoms with van der Waals surface area (Å²) in [5.41, 5.74) is 2.09. The molecule has 1 saturated heterocycles. The zero-order valence-corrected chi connectivity index (χ0v) is 11.2. The zero-order valence-electron chi connectivity index (χ0n) is 11.2. The van der Waals surface area contributed by atoms with E-state index in [0.29, 0.717) is 6.61 Å². The van der Waals surface area contributed by atoms with Gasteiger partial charge in [0.25, 0.3) is 0 Å². The summed E-state index contributed by atoms with van der Waals surface area (Å²) in [4.78, 5) is 2.37. The Morgan fingerprint density at radius 3 is 3.00 bits per heavy atom. The van der Waals surface area contributed by atoms with Crippen LogP contribution in [-0.4, -0.2) is 54.0 Å². The van der Waals surface area contributed by atoms with Crippen molar-refractivity contribution in [2.24, 2.45) is 0 Å². The van der Waals surface area contributed by atoms with Crippen molar-refractivity contribution in [2.45, 2.75) is 6.92 Å². The Bertz CT molecular complexity index is 547. The summed E-state index contributed by atoms with van der Waals surface area (Å²) >= 11 is 0. The number of rotatable bonds is 4. The molecule has 5 nitrogen and oxygen atoms in total. The fourth-order valence-corrected chi connectivity index (χ4v) is 2.31. The van der Waals surface area contributed by atoms with Gasteiger partial charge in [0.05, 0.1) is 24.4 Å². The number of aromatic nitrogens is 2. The number of nitrogens with zero attached hydrogens (tertiary/aromatic N) is 3. The van der Waals surface area contributed by atoms with Crippen LogP contribution in [0.5, 0.6) is 5.75 Å². The van der Waals surface area contributed by atoms with Gasteiger partial charge in [0.2, 0.25) is 0 Å². The van der Waals surface area contributed by atoms with Crippen LogP contribution in [0.1, 0.15) is 5.69 Å². The van der Waals surface area contributed by atoms with Gasteiger partial charge in [-0.05, 0) is 19.1 Å². The third kappa shape index (κ3) is 3.05. The lowest BCUT2D eigenvalue weighted by molar-refractivity contribution is 0.0322. The van der Waals surface area contributed by atoms with Crippen molar-refractivity contribution < 1.29 is 9.47 Å². The lowest BCUT2D eigenvalue weighted by Crippen LogP contribution is -2.38. The van der Waals surface area contributed by atoms with Crippen LogP contribution in [0.3, 0.4) is 0 Å². The van der Waals surface area contributed by atoms with E-state index < -0.39 is 0 Å². The third-order valence-electron chi connectivity index (χ3n) is 3.34. The predicted octanol–water partition coefficient (Wildman–Crippen LogP) is 1.35. The van der Waals surface area contributed by atoms with E-state index in [9.17, 15) is 0 Å². The van der Waals surface area contributed by atoms with Crippen LogP contribution in [0.25, 0.3) is 5.52 Å². The topological polar surface area (TPSA) is 39.0 Å². The first kappa shape index (κ1) is 12.4. The molecule has 0 aromatic carbocycles. The molecule has 5 heteroatoms. The van der Waals surface area contributed by atoms with Gasteiger partial charge in [0.1, 0.15) is 12.4 Å². The molecular formula is C14H19N3O2. The van der Waals surface area contributed by atoms with Crippen LogP contribution in [0.15, 0.2) is 24.4 Å². The highest BCUT2D eigenvalue weighted by Gasteiger charge is 2.09. The maximum atomic E-state index is 5.80. The van der Waals surface area contributed by atoms with E-state index in [-0.39, 0.29) is 0 Å². The second-order valence-corrected chi connectivity index (χ2v) is 4.82. The van der Waals surface area contributed by atoms with Crippen molar-refractivity contribution in [1.82, 2.24) is 14.5 Å². The number of pyridine rings is 1. The molecule has 0 unspecified atom stereocenters. The van der Waals surface area contributed by atoms with Crippen LogP contribution in [0, 0.1) is 6.92 Å². The van der Waals surface area contributed by atoms with Crippen molar-refractivity contribution in [3.05, 3.63) is 30.1 Å². The lowest BCUT2D eigenvalue weighted by Gasteiger charge is -2.26. The Kier molecular flexibility index (Phi) is 3.66. The number of hydrogen-bond donors (Lipinski definition) is 0. The van der Waals surface area contributed by atoms with Gasteiger partial charge in [-0.1, -0.05) is 0 Å². The van der Waals surface area contributed by atoms with Gasteiger partial charge in [-0.2, -0.15) is 5.10 Å². The van der Waals surface area contributed by atoms with E-state index >= 15 is 0 Å². The Balaban J connectivity index is 1.55. The smallest absolute Gasteiger partial charge is 0.123 e. The van der Waals surface area contributed by atoms with E-state index in [1.54, 1.807) is 0 Å². The Morgan fingerprint density at radius 1 is 1.32 bits per heavy atom. The highest BCUT2D eigenvalue weighted by molar-refractivity contribution is 5.51. The molecule has 0 bridgehead atoms. The van der Waals surface area contributed by atoms with Gasteiger partial charge < -0.3 is 9.47 Å². The van der Waals surface area contributed by atoms with Gasteiger partial charge in [-0.3, -0.25) is 4.90 Å². The van der Waals surface area contributed by atoms with Crippen molar-refractivity contribution in [1.29, 1.82) is 0 Å². The van der Waals surface area contributed by atoms with Crippen LogP contribution in [0.4, 0.5) is 0 Å². The number of ether oxygens (including phenoxy) is 2. The molecule has 1 aliphatic heterocycles. The number of aryl methyl sites for hydroxylation is 1. The normalized spacial score (nSPS) is 16.9. The predicted molar refractivity (Wildman–Crippen MR) is 72.7 cm³/mol. The molecule has 3 heterocycles. The summed E-state index contributed by atoms with van der Waals surface area (Å²) in [6.07, 6.45) is 1.94. The third-order valence-corrected chi connectivity index (χ3v) is 3.34. The maximum Gasteiger partial charge on any atom is 0.123 e. The second-order valence-electron chi connectivity index (χ2n) is 4.82. The van der Waals surface area contributed by atoms with Crippen molar-refractivity contribution in [3.63, 3.8) is 0 Å². The Morgan fingerprint density at radius 2 is 2.16 bits per heavy atom. The second kappa shape index (κ2) is 5.59. The standard InChI is InChI=1S/C14H19N3O2/c1-12-10-13-11-14(2-3-17(13)15-12)19-9-6-16-4-7-18-8-5-16/h2-3,10-11H,4-9H2,1H3. The van der Waals surface area contributed by atoms with Crippen LogP contribution in [0.2, 0.25) is 0 Å². The minimum Gasteiger partial charge on any atom is -0.492 e. The van der Waals surface area contributed by atoms with Gasteiger partial charge >= 0.3 is 0 Å². The average molecular weight is 261 g/mol. The molecule has 102 valence electrons. The quantitative estimate of drug-likeness (QED) is 0.833. The largest absolute Gasteiger partial charge is 0.492 e. The highest BCUT2D eigenvalue weighted by atomic mass is 16.5. The highest BCUT2D eigenvalue weighted by Crippen LogP contribution is 2.15. The van der Waals surface area contributed by atoms with E-state index in [0.717, 1.165) is 49.8 Å². The number of fused-ring (bicyclic) bond motifs is 1. The molecule has 2 aromatic rings. The van der Waals surface area contributed by atoms with Gasteiger partial charge in [-0.15, -0.1) is 0 Å². The molecule has 0 atom stereocenters. The molecular weight excluding hydrogens is 242 g/mol. The minimum absolute atomic E-state index is 0.712. The summed E-state index contributed by atoms with van der Waals surface area (Å²) in [5, 5.41) is 4.35. The monoisotopic (exact) mass is 261 g/mol. The van der Waals surface area contributed by atoms with E-state index in [1.165, 1.54) is 0 Å². The Hall–Kier alpha value is -1.59. The molecule has 19 heavy (non-hydrogen) atoms. The summed E-state index contributed by atoms with van der Waals surface area (Å²) in [7, 11) is 0. The van der Waals surface area contributed by atoms with E-state index in [2.05, 4.69) is 16.1 Å². The molecule has 0 N–H and O–H groups in total. The fraction of sp³-hybridized carbons (Fsp3) is 0.500. The lowest BCUT2D eigenvalue weighted by atomic mass is 10.3. The molecule has 0 aliphatic carbocycles. The van der Waals surface area contributed by atoms with E-state index in [1.807, 2.05) is 29.8 Å². The van der Waals surface area contributed by atoms with Crippen molar-refractivity contribution >= 4 is 5.52 Å². The van der Waals surface area contributed by atoms with E-state index in [4.69, 9.17) is 9.47 Å². The van der Waals surface area contributed by atoms with Crippen LogP contribution < -0.4 is 4.74 Å². The first-order chi connectivity index (χ1) is 9.31. The van der Waals surface area contributed by atoms with Gasteiger partial charge in [0, 0.05) is 31.9 Å². The Labute approximate surface area is 112 Å². The molecule has 0 radical (unpaired) electrons. The van der Waals surface area contributed by atoms with Crippen LogP contribution >= 0.6 is 0 Å². The maximum absolute atomic E-state index is 5.80. The molecule has 1 aliphatic rings. The minimum atomic E-state index is 0.712. The summed E-state index contributed by atoms with van der Waals surface area (Å²) in [5.74, 6) is 0.903. The fourth-order valence-electron chi connectivity index (χ4n) is 2.31. The molecule has 0 saturated carbocycles. The van der Waals surface area contributed by atoms with Gasteiger partial charge in [-0.25, -0.2) is 4.52 Å². The van der Waals surface area contributed by atoms with Crippen molar-refractivity contribution in [3.8, 4) is 5.75 Å². The average Bonchev–Trinajstić information content (AvgIpc) is 2.79. The number of morpholine rings is 1. The summed E-state index contributed by atoms with van der Waals surface area (Å²) in [6.45, 7) is 7.33. The summed E-state index contributed by atoms with van der Waals surface area (Å²) in [6, 6.07) is 6.03. The molecule has 2 aromatic heterocycles. The SMILES string of the molecule is Cc1cc2cc(OCCN3CCOCC3)ccn2n1. The zero-order chi connectivity index (χ0) is 13.1. The summed E-state index contributed by atoms with van der Waals surface area (Å²) < 4.78 is 13.0. The molecule has 0 spiro atoms. The first-order valence-electron chi connectivity index (χ1n) is 6.70. The number of hydrogen-bond acceptors (Lipinski definition) is 4. The van der Waals surface area contributed by atoms with Crippen molar-refractivity contribution in [2.75, 3.05) is 39.5 Å². The van der Waals surface area contributed by atoms with Gasteiger partial charge in [0.15, 0.2) is 0 Å². The first-order valence-corrected chi connectivity index (χ1v) is 6.70. The molecule has 3 rings (SSSR count). The molecule has 0 amide bonds. The van der Waals surface area contributed by atoms with Crippen LogP contribution in [-0.2, 0) is 4.74 Å². The molecule has 1 fully saturated rings.